The fourth-order valence-electron chi connectivity index (χ4n) is 1.58. The molecule has 2 N–H and O–H groups in total. The van der Waals surface area contributed by atoms with Crippen LogP contribution < -0.4 is 9.47 Å². The molecule has 0 unspecified atom stereocenters. The number of phenolic OH excluding ortho intramolecular Hbond substituents is 2. The van der Waals surface area contributed by atoms with Crippen LogP contribution in [0.3, 0.4) is 0 Å². The van der Waals surface area contributed by atoms with E-state index in [1.54, 1.807) is 0 Å². The molecule has 0 amide bonds. The van der Waals surface area contributed by atoms with Gasteiger partial charge in [0.05, 0.1) is 0 Å². The molecule has 0 fully saturated rings. The monoisotopic (exact) mass is 234 g/mol. The molecule has 1 aliphatic heterocycles. The minimum absolute atomic E-state index is 0.221. The van der Waals surface area contributed by atoms with Gasteiger partial charge in [0.2, 0.25) is 0 Å². The molecule has 17 heavy (non-hydrogen) atoms. The number of rotatable bonds is 0. The average molecular weight is 234 g/mol. The molecule has 0 bridgehead atoms. The smallest absolute Gasteiger partial charge is 0.174 e. The highest BCUT2D eigenvalue weighted by molar-refractivity contribution is 5.59. The highest BCUT2D eigenvalue weighted by Gasteiger charge is 2.21. The van der Waals surface area contributed by atoms with Gasteiger partial charge in [0.1, 0.15) is 5.82 Å². The van der Waals surface area contributed by atoms with E-state index in [-0.39, 0.29) is 28.7 Å². The van der Waals surface area contributed by atoms with Gasteiger partial charge in [-0.05, 0) is 12.1 Å². The van der Waals surface area contributed by atoms with Crippen molar-refractivity contribution in [3.63, 3.8) is 0 Å². The summed E-state index contributed by atoms with van der Waals surface area (Å²) in [6.45, 7) is 0. The molecule has 1 heterocycles. The van der Waals surface area contributed by atoms with E-state index in [1.165, 1.54) is 30.3 Å². The Morgan fingerprint density at radius 1 is 0.765 bits per heavy atom. The van der Waals surface area contributed by atoms with Crippen molar-refractivity contribution in [1.82, 2.24) is 0 Å². The fraction of sp³-hybridized carbons (Fsp3) is 0. The summed E-state index contributed by atoms with van der Waals surface area (Å²) < 4.78 is 23.8. The lowest BCUT2D eigenvalue weighted by molar-refractivity contribution is 0.344. The first kappa shape index (κ1) is 9.77. The molecule has 0 spiro atoms. The van der Waals surface area contributed by atoms with Gasteiger partial charge in [0.15, 0.2) is 34.5 Å². The average Bonchev–Trinajstić information content (AvgIpc) is 2.28. The van der Waals surface area contributed by atoms with E-state index in [0.29, 0.717) is 5.75 Å². The largest absolute Gasteiger partial charge is 0.504 e. The Labute approximate surface area is 95.5 Å². The van der Waals surface area contributed by atoms with Crippen LogP contribution in [0, 0.1) is 5.82 Å². The van der Waals surface area contributed by atoms with Crippen LogP contribution >= 0.6 is 0 Å². The van der Waals surface area contributed by atoms with E-state index in [9.17, 15) is 14.6 Å². The summed E-state index contributed by atoms with van der Waals surface area (Å²) in [6, 6.07) is 6.29. The number of aromatic hydroxyl groups is 2. The number of phenols is 2. The predicted molar refractivity (Wildman–Crippen MR) is 56.3 cm³/mol. The third kappa shape index (κ3) is 1.52. The van der Waals surface area contributed by atoms with E-state index in [2.05, 4.69) is 0 Å². The van der Waals surface area contributed by atoms with Gasteiger partial charge in [0, 0.05) is 18.2 Å². The molecule has 0 aliphatic carbocycles. The first-order chi connectivity index (χ1) is 8.13. The summed E-state index contributed by atoms with van der Waals surface area (Å²) in [5.74, 6) is -0.0201. The Balaban J connectivity index is 2.11. The zero-order valence-corrected chi connectivity index (χ0v) is 8.48. The highest BCUT2D eigenvalue weighted by Crippen LogP contribution is 2.48. The zero-order chi connectivity index (χ0) is 12.0. The van der Waals surface area contributed by atoms with Crippen LogP contribution in [0.4, 0.5) is 4.39 Å². The first-order valence-corrected chi connectivity index (χ1v) is 4.85. The van der Waals surface area contributed by atoms with E-state index in [1.807, 2.05) is 0 Å². The lowest BCUT2D eigenvalue weighted by atomic mass is 10.2. The molecule has 3 rings (SSSR count). The van der Waals surface area contributed by atoms with Crippen LogP contribution in [0.5, 0.6) is 34.5 Å². The molecule has 5 heteroatoms. The van der Waals surface area contributed by atoms with E-state index < -0.39 is 5.82 Å². The van der Waals surface area contributed by atoms with Gasteiger partial charge < -0.3 is 19.7 Å². The zero-order valence-electron chi connectivity index (χ0n) is 8.48. The summed E-state index contributed by atoms with van der Waals surface area (Å²) in [4.78, 5) is 0. The van der Waals surface area contributed by atoms with Crippen molar-refractivity contribution in [1.29, 1.82) is 0 Å². The molecule has 4 nitrogen and oxygen atoms in total. The molecule has 2 aromatic carbocycles. The molecule has 0 aromatic heterocycles. The van der Waals surface area contributed by atoms with Crippen LogP contribution in [0.1, 0.15) is 0 Å². The second-order valence-corrected chi connectivity index (χ2v) is 3.58. The predicted octanol–water partition coefficient (Wildman–Crippen LogP) is 3.13. The maximum absolute atomic E-state index is 13.0. The van der Waals surface area contributed by atoms with Crippen molar-refractivity contribution in [2.45, 2.75) is 0 Å². The van der Waals surface area contributed by atoms with Crippen LogP contribution in [-0.4, -0.2) is 10.2 Å². The van der Waals surface area contributed by atoms with Gasteiger partial charge in [-0.25, -0.2) is 4.39 Å². The maximum Gasteiger partial charge on any atom is 0.174 e. The summed E-state index contributed by atoms with van der Waals surface area (Å²) in [5, 5.41) is 18.6. The molecule has 1 aliphatic rings. The summed E-state index contributed by atoms with van der Waals surface area (Å²) in [5.41, 5.74) is 0. The topological polar surface area (TPSA) is 58.9 Å². The summed E-state index contributed by atoms with van der Waals surface area (Å²) in [7, 11) is 0. The van der Waals surface area contributed by atoms with Gasteiger partial charge >= 0.3 is 0 Å². The number of hydrogen-bond acceptors (Lipinski definition) is 4. The minimum Gasteiger partial charge on any atom is -0.504 e. The Bertz CT molecular complexity index is 610. The first-order valence-electron chi connectivity index (χ1n) is 4.85. The fourth-order valence-corrected chi connectivity index (χ4v) is 1.58. The Hall–Kier alpha value is -2.43. The highest BCUT2D eigenvalue weighted by atomic mass is 19.1. The molecule has 0 radical (unpaired) electrons. The maximum atomic E-state index is 13.0. The second kappa shape index (κ2) is 3.28. The number of benzene rings is 2. The molecule has 0 atom stereocenters. The van der Waals surface area contributed by atoms with Crippen LogP contribution in [0.15, 0.2) is 30.3 Å². The Kier molecular flexibility index (Phi) is 1.89. The van der Waals surface area contributed by atoms with Gasteiger partial charge in [-0.3, -0.25) is 0 Å². The molecular formula is C12H7FO4. The molecule has 2 aromatic rings. The number of hydrogen-bond donors (Lipinski definition) is 2. The summed E-state index contributed by atoms with van der Waals surface area (Å²) >= 11 is 0. The van der Waals surface area contributed by atoms with Gasteiger partial charge in [0.25, 0.3) is 0 Å². The quantitative estimate of drug-likeness (QED) is 0.586. The number of fused-ring (bicyclic) bond motifs is 2. The number of ether oxygens (including phenoxy) is 2. The normalized spacial score (nSPS) is 12.1. The van der Waals surface area contributed by atoms with E-state index in [4.69, 9.17) is 9.47 Å². The molecule has 86 valence electrons. The van der Waals surface area contributed by atoms with Crippen LogP contribution in [0.2, 0.25) is 0 Å². The number of halogens is 1. The summed E-state index contributed by atoms with van der Waals surface area (Å²) in [6.07, 6.45) is 0. The van der Waals surface area contributed by atoms with Crippen molar-refractivity contribution in [2.75, 3.05) is 0 Å². The van der Waals surface area contributed by atoms with Gasteiger partial charge in [-0.2, -0.15) is 0 Å². The van der Waals surface area contributed by atoms with Crippen molar-refractivity contribution in [2.24, 2.45) is 0 Å². The molecular weight excluding hydrogens is 227 g/mol. The lowest BCUT2D eigenvalue weighted by Crippen LogP contribution is -1.99. The Morgan fingerprint density at radius 2 is 1.29 bits per heavy atom. The molecule has 0 saturated heterocycles. The van der Waals surface area contributed by atoms with Crippen molar-refractivity contribution >= 4 is 0 Å². The van der Waals surface area contributed by atoms with Gasteiger partial charge in [-0.15, -0.1) is 0 Å². The second-order valence-electron chi connectivity index (χ2n) is 3.58. The third-order valence-electron chi connectivity index (χ3n) is 2.39. The van der Waals surface area contributed by atoms with Crippen LogP contribution in [-0.2, 0) is 0 Å². The lowest BCUT2D eigenvalue weighted by Gasteiger charge is -2.20. The van der Waals surface area contributed by atoms with Crippen molar-refractivity contribution in [3.05, 3.63) is 36.1 Å². The Morgan fingerprint density at radius 3 is 1.94 bits per heavy atom. The molecule has 0 saturated carbocycles. The standard InChI is InChI=1S/C12H7FO4/c13-6-1-2-9-10(3-6)17-12-5-8(15)7(14)4-11(12)16-9/h1-5,14-15H. The van der Waals surface area contributed by atoms with Crippen molar-refractivity contribution in [3.8, 4) is 34.5 Å². The van der Waals surface area contributed by atoms with E-state index in [0.717, 1.165) is 0 Å². The third-order valence-corrected chi connectivity index (χ3v) is 2.39. The van der Waals surface area contributed by atoms with Crippen molar-refractivity contribution < 1.29 is 24.1 Å². The van der Waals surface area contributed by atoms with E-state index >= 15 is 0 Å². The van der Waals surface area contributed by atoms with Gasteiger partial charge in [-0.1, -0.05) is 0 Å². The SMILES string of the molecule is Oc1cc2c(cc1O)Oc1cc(F)ccc1O2. The van der Waals surface area contributed by atoms with Crippen LogP contribution in [0.25, 0.3) is 0 Å². The minimum atomic E-state index is -0.446.